The number of allylic oxidation sites excluding steroid dienone is 6. The van der Waals surface area contributed by atoms with Gasteiger partial charge in [0.25, 0.3) is 0 Å². The standard InChI is InChI=1S/C36H45N2.CH4.Na.H2/c1-7-25-20(2)14-23(15-21(25)3)16-24-8-9-28-27-18-31-33-30-17-26(32-19-37-12-13-38-32)22(4)35(6,36(30,31)33)29(27)10-11-34(24,28)5;;;/h13,17,19,23-24,27-31,33H,2,4,7-11,14-16,18H2,1,3,5-6H3;1H4;;1H/q-1;;+1;. The molecular weight excluding hydrogens is 495 g/mol. The van der Waals surface area contributed by atoms with Crippen molar-refractivity contribution in [3.05, 3.63) is 65.8 Å². The van der Waals surface area contributed by atoms with E-state index in [1.165, 1.54) is 68.1 Å². The molecule has 5 fully saturated rings. The number of fused-ring (bicyclic) bond motifs is 6. The van der Waals surface area contributed by atoms with Crippen LogP contribution in [0.4, 0.5) is 0 Å². The molecule has 0 radical (unpaired) electrons. The van der Waals surface area contributed by atoms with Crippen molar-refractivity contribution < 1.29 is 31.0 Å². The van der Waals surface area contributed by atoms with Crippen LogP contribution in [0.2, 0.25) is 0 Å². The van der Waals surface area contributed by atoms with Gasteiger partial charge in [0.2, 0.25) is 0 Å². The van der Waals surface area contributed by atoms with Gasteiger partial charge < -0.3 is 4.98 Å². The molecule has 11 unspecified atom stereocenters. The number of hydrogen-bond acceptors (Lipinski definition) is 2. The van der Waals surface area contributed by atoms with Gasteiger partial charge in [0.1, 0.15) is 0 Å². The molecule has 1 aromatic rings. The molecule has 2 nitrogen and oxygen atoms in total. The first-order valence-corrected chi connectivity index (χ1v) is 15.7. The molecule has 7 aliphatic carbocycles. The molecule has 40 heavy (non-hydrogen) atoms. The molecule has 1 spiro atoms. The third kappa shape index (κ3) is 3.40. The fourth-order valence-electron chi connectivity index (χ4n) is 12.7. The van der Waals surface area contributed by atoms with E-state index in [1.807, 2.05) is 6.20 Å². The van der Waals surface area contributed by atoms with Crippen LogP contribution in [0.5, 0.6) is 0 Å². The van der Waals surface area contributed by atoms with E-state index in [4.69, 9.17) is 6.58 Å². The average molecular weight is 547 g/mol. The van der Waals surface area contributed by atoms with Crippen LogP contribution in [0.15, 0.2) is 53.9 Å². The molecule has 3 heteroatoms. The summed E-state index contributed by atoms with van der Waals surface area (Å²) >= 11 is 0. The van der Waals surface area contributed by atoms with Gasteiger partial charge in [-0.2, -0.15) is 0 Å². The Kier molecular flexibility index (Phi) is 6.93. The van der Waals surface area contributed by atoms with Crippen LogP contribution in [-0.2, 0) is 0 Å². The van der Waals surface area contributed by atoms with Crippen LogP contribution >= 0.6 is 0 Å². The Bertz CT molecular complexity index is 1320. The zero-order chi connectivity index (χ0) is 26.2. The van der Waals surface area contributed by atoms with Crippen LogP contribution in [-0.4, -0.2) is 9.97 Å². The van der Waals surface area contributed by atoms with Crippen molar-refractivity contribution in [2.24, 2.45) is 63.6 Å². The zero-order valence-corrected chi connectivity index (χ0v) is 27.0. The number of aromatic nitrogens is 2. The van der Waals surface area contributed by atoms with Gasteiger partial charge in [-0.1, -0.05) is 58.6 Å². The van der Waals surface area contributed by atoms with Crippen molar-refractivity contribution in [1.82, 2.24) is 9.97 Å². The molecule has 0 aliphatic heterocycles. The molecule has 7 aliphatic rings. The molecule has 0 bridgehead atoms. The van der Waals surface area contributed by atoms with Crippen molar-refractivity contribution in [2.45, 2.75) is 92.9 Å². The minimum absolute atomic E-state index is 0. The summed E-state index contributed by atoms with van der Waals surface area (Å²) in [7, 11) is 0. The van der Waals surface area contributed by atoms with Crippen LogP contribution in [0, 0.1) is 69.8 Å². The minimum atomic E-state index is 0. The predicted molar refractivity (Wildman–Crippen MR) is 162 cm³/mol. The van der Waals surface area contributed by atoms with E-state index in [1.54, 1.807) is 17.3 Å². The van der Waals surface area contributed by atoms with Crippen LogP contribution in [0.25, 0.3) is 5.57 Å². The number of nitrogens with zero attached hydrogens (tertiary/aromatic N) is 2. The van der Waals surface area contributed by atoms with Crippen molar-refractivity contribution in [3.8, 4) is 0 Å². The summed E-state index contributed by atoms with van der Waals surface area (Å²) in [6.07, 6.45) is 21.4. The van der Waals surface area contributed by atoms with E-state index in [2.05, 4.69) is 56.5 Å². The third-order valence-corrected chi connectivity index (χ3v) is 14.3. The molecular formula is C37H51N2Na. The summed E-state index contributed by atoms with van der Waals surface area (Å²) in [6, 6.07) is 0. The Morgan fingerprint density at radius 3 is 2.60 bits per heavy atom. The minimum Gasteiger partial charge on any atom is -0.455 e. The second kappa shape index (κ2) is 9.52. The third-order valence-electron chi connectivity index (χ3n) is 14.3. The van der Waals surface area contributed by atoms with Crippen molar-refractivity contribution >= 4 is 5.57 Å². The Morgan fingerprint density at radius 2 is 1.90 bits per heavy atom. The van der Waals surface area contributed by atoms with E-state index in [0.717, 1.165) is 59.5 Å². The Morgan fingerprint density at radius 1 is 1.10 bits per heavy atom. The van der Waals surface area contributed by atoms with Crippen molar-refractivity contribution in [3.63, 3.8) is 0 Å². The number of hydrogen-bond donors (Lipinski definition) is 0. The summed E-state index contributed by atoms with van der Waals surface area (Å²) in [5, 5.41) is 0. The van der Waals surface area contributed by atoms with E-state index in [-0.39, 0.29) is 43.8 Å². The molecule has 5 saturated carbocycles. The summed E-state index contributed by atoms with van der Waals surface area (Å²) in [4.78, 5) is 8.97. The molecule has 1 heterocycles. The second-order valence-corrected chi connectivity index (χ2v) is 15.0. The largest absolute Gasteiger partial charge is 1.00 e. The van der Waals surface area contributed by atoms with Gasteiger partial charge >= 0.3 is 29.6 Å². The molecule has 1 aromatic heterocycles. The molecule has 210 valence electrons. The van der Waals surface area contributed by atoms with Crippen LogP contribution in [0.1, 0.15) is 100 Å². The smallest absolute Gasteiger partial charge is 0.455 e. The normalized spacial score (nSPS) is 47.5. The summed E-state index contributed by atoms with van der Waals surface area (Å²) in [5.41, 5.74) is 9.66. The Labute approximate surface area is 267 Å². The van der Waals surface area contributed by atoms with E-state index >= 15 is 0 Å². The van der Waals surface area contributed by atoms with Gasteiger partial charge in [0.05, 0.1) is 0 Å². The summed E-state index contributed by atoms with van der Waals surface area (Å²) in [6.45, 7) is 19.4. The van der Waals surface area contributed by atoms with Gasteiger partial charge in [-0.3, -0.25) is 4.98 Å². The molecule has 0 saturated heterocycles. The van der Waals surface area contributed by atoms with Gasteiger partial charge in [-0.15, -0.1) is 12.4 Å². The summed E-state index contributed by atoms with van der Waals surface area (Å²) < 4.78 is 0. The van der Waals surface area contributed by atoms with E-state index in [9.17, 15) is 0 Å². The SMILES string of the molecule is C.C=C1CC(CC2CCC3C4CC5C6C7C=C(c8cn[c-]cn8)C(=C)C(C)(C4CCC23C)C756)CC(C)=C1CC.[HH].[Na+]. The van der Waals surface area contributed by atoms with Gasteiger partial charge in [0.15, 0.2) is 0 Å². The maximum Gasteiger partial charge on any atom is 1.00 e. The van der Waals surface area contributed by atoms with E-state index < -0.39 is 0 Å². The topological polar surface area (TPSA) is 25.8 Å². The molecule has 0 N–H and O–H groups in total. The molecule has 0 amide bonds. The van der Waals surface area contributed by atoms with Gasteiger partial charge in [-0.05, 0) is 146 Å². The quantitative estimate of drug-likeness (QED) is 0.317. The van der Waals surface area contributed by atoms with Crippen molar-refractivity contribution in [2.75, 3.05) is 0 Å². The Hall–Kier alpha value is -0.960. The summed E-state index contributed by atoms with van der Waals surface area (Å²) in [5.74, 6) is 6.91. The van der Waals surface area contributed by atoms with Crippen molar-refractivity contribution in [1.29, 1.82) is 0 Å². The van der Waals surface area contributed by atoms with Crippen LogP contribution in [0.3, 0.4) is 0 Å². The zero-order valence-electron chi connectivity index (χ0n) is 25.0. The fourth-order valence-corrected chi connectivity index (χ4v) is 12.7. The maximum absolute atomic E-state index is 4.87. The monoisotopic (exact) mass is 546 g/mol. The number of rotatable bonds is 4. The molecule has 11 atom stereocenters. The van der Waals surface area contributed by atoms with Gasteiger partial charge in [-0.25, -0.2) is 0 Å². The average Bonchev–Trinajstić information content (AvgIpc) is 3.74. The first-order chi connectivity index (χ1) is 18.3. The second-order valence-electron chi connectivity index (χ2n) is 15.0. The maximum atomic E-state index is 4.87. The van der Waals surface area contributed by atoms with E-state index in [0.29, 0.717) is 10.8 Å². The Balaban J connectivity index is 0.00000112. The van der Waals surface area contributed by atoms with Gasteiger partial charge in [0, 0.05) is 12.5 Å². The molecule has 8 rings (SSSR count). The van der Waals surface area contributed by atoms with Crippen LogP contribution < -0.4 is 29.6 Å². The first-order valence-electron chi connectivity index (χ1n) is 15.7. The first kappa shape index (κ1) is 29.1. The predicted octanol–water partition coefficient (Wildman–Crippen LogP) is 6.53. The fraction of sp³-hybridized carbons (Fsp3) is 0.676. The molecule has 0 aromatic carbocycles.